The van der Waals surface area contributed by atoms with Gasteiger partial charge in [0.15, 0.2) is 5.11 Å². The number of hydrazine groups is 1. The minimum Gasteiger partial charge on any atom is -0.452 e. The molecule has 2 N–H and O–H groups in total. The number of rotatable bonds is 0. The largest absolute Gasteiger partial charge is 0.452 e. The maximum atomic E-state index is 10.7. The molecule has 11 heavy (non-hydrogen) atoms. The highest BCUT2D eigenvalue weighted by Crippen LogP contribution is 1.81. The zero-order chi connectivity index (χ0) is 8.85. The van der Waals surface area contributed by atoms with Crippen molar-refractivity contribution in [2.24, 2.45) is 0 Å². The lowest BCUT2D eigenvalue weighted by molar-refractivity contribution is 0.125. The number of hydrogen-bond acceptors (Lipinski definition) is 3. The van der Waals surface area contributed by atoms with Gasteiger partial charge in [-0.15, -0.1) is 0 Å². The number of ether oxygens (including phenoxy) is 1. The fraction of sp³-hybridized carbons (Fsp3) is 0.600. The lowest BCUT2D eigenvalue weighted by atomic mass is 10.9. The second-order valence-corrected chi connectivity index (χ2v) is 2.13. The second-order valence-electron chi connectivity index (χ2n) is 1.72. The number of methoxy groups -OCH3 is 1. The van der Waals surface area contributed by atoms with E-state index >= 15 is 0 Å². The van der Waals surface area contributed by atoms with Gasteiger partial charge < -0.3 is 10.1 Å². The van der Waals surface area contributed by atoms with Crippen LogP contribution >= 0.6 is 12.2 Å². The molecule has 0 unspecified atom stereocenters. The van der Waals surface area contributed by atoms with Crippen LogP contribution in [0.3, 0.4) is 0 Å². The van der Waals surface area contributed by atoms with Crippen molar-refractivity contribution in [3.05, 3.63) is 0 Å². The van der Waals surface area contributed by atoms with Crippen molar-refractivity contribution in [1.29, 1.82) is 0 Å². The average Bonchev–Trinajstić information content (AvgIpc) is 2.02. The summed E-state index contributed by atoms with van der Waals surface area (Å²) >= 11 is 4.73. The summed E-state index contributed by atoms with van der Waals surface area (Å²) in [5, 5.41) is 4.14. The van der Waals surface area contributed by atoms with E-state index in [0.29, 0.717) is 5.11 Å². The Morgan fingerprint density at radius 1 is 1.64 bits per heavy atom. The molecular formula is C5H11N3O2S. The Kier molecular flexibility index (Phi) is 4.28. The number of thiocarbonyl (C=S) groups is 1. The monoisotopic (exact) mass is 177 g/mol. The molecule has 0 aliphatic carbocycles. The van der Waals surface area contributed by atoms with Crippen molar-refractivity contribution < 1.29 is 9.53 Å². The minimum atomic E-state index is -0.498. The molecule has 0 saturated carbocycles. The van der Waals surface area contributed by atoms with Crippen LogP contribution in [-0.2, 0) is 4.74 Å². The molecular weight excluding hydrogens is 166 g/mol. The van der Waals surface area contributed by atoms with Gasteiger partial charge in [-0.2, -0.15) is 0 Å². The SMILES string of the molecule is CNC(=S)NN(C)C(=O)OC. The molecule has 64 valence electrons. The van der Waals surface area contributed by atoms with Crippen molar-refractivity contribution in [2.75, 3.05) is 21.2 Å². The quantitative estimate of drug-likeness (QED) is 0.393. The van der Waals surface area contributed by atoms with E-state index in [9.17, 15) is 4.79 Å². The van der Waals surface area contributed by atoms with Crippen LogP contribution in [0.5, 0.6) is 0 Å². The van der Waals surface area contributed by atoms with Gasteiger partial charge in [0.2, 0.25) is 0 Å². The van der Waals surface area contributed by atoms with E-state index in [1.807, 2.05) is 0 Å². The molecule has 0 radical (unpaired) electrons. The number of hydrogen-bond donors (Lipinski definition) is 2. The zero-order valence-corrected chi connectivity index (χ0v) is 7.49. The molecule has 6 heteroatoms. The summed E-state index contributed by atoms with van der Waals surface area (Å²) in [4.78, 5) is 10.7. The molecule has 0 saturated heterocycles. The van der Waals surface area contributed by atoms with Gasteiger partial charge in [-0.3, -0.25) is 5.43 Å². The van der Waals surface area contributed by atoms with Crippen molar-refractivity contribution in [3.8, 4) is 0 Å². The predicted octanol–water partition coefficient (Wildman–Crippen LogP) is -0.307. The normalized spacial score (nSPS) is 8.27. The topological polar surface area (TPSA) is 53.6 Å². The minimum absolute atomic E-state index is 0.359. The molecule has 0 rings (SSSR count). The third-order valence-electron chi connectivity index (χ3n) is 0.945. The summed E-state index contributed by atoms with van der Waals surface area (Å²) in [6.07, 6.45) is -0.498. The van der Waals surface area contributed by atoms with Gasteiger partial charge in [0.05, 0.1) is 7.11 Å². The molecule has 0 aromatic carbocycles. The highest BCUT2D eigenvalue weighted by Gasteiger charge is 2.07. The molecule has 0 fully saturated rings. The Morgan fingerprint density at radius 3 is 2.55 bits per heavy atom. The van der Waals surface area contributed by atoms with Gasteiger partial charge in [0, 0.05) is 14.1 Å². The third-order valence-corrected chi connectivity index (χ3v) is 1.24. The third kappa shape index (κ3) is 3.61. The van der Waals surface area contributed by atoms with Gasteiger partial charge in [-0.1, -0.05) is 0 Å². The average molecular weight is 177 g/mol. The van der Waals surface area contributed by atoms with E-state index in [1.54, 1.807) is 7.05 Å². The Balaban J connectivity index is 3.77. The maximum Gasteiger partial charge on any atom is 0.428 e. The van der Waals surface area contributed by atoms with Crippen LogP contribution in [0.4, 0.5) is 4.79 Å². The fourth-order valence-electron chi connectivity index (χ4n) is 0.391. The molecule has 0 spiro atoms. The van der Waals surface area contributed by atoms with Gasteiger partial charge in [0.25, 0.3) is 0 Å². The maximum absolute atomic E-state index is 10.7. The lowest BCUT2D eigenvalue weighted by Crippen LogP contribution is -2.46. The van der Waals surface area contributed by atoms with Crippen LogP contribution in [0.15, 0.2) is 0 Å². The van der Waals surface area contributed by atoms with Crippen molar-refractivity contribution in [2.45, 2.75) is 0 Å². The number of carbonyl (C=O) groups is 1. The van der Waals surface area contributed by atoms with E-state index in [4.69, 9.17) is 12.2 Å². The summed E-state index contributed by atoms with van der Waals surface area (Å²) < 4.78 is 4.39. The van der Waals surface area contributed by atoms with Crippen molar-refractivity contribution in [3.63, 3.8) is 0 Å². The molecule has 5 nitrogen and oxygen atoms in total. The summed E-state index contributed by atoms with van der Waals surface area (Å²) in [5.41, 5.74) is 2.56. The van der Waals surface area contributed by atoms with E-state index in [-0.39, 0.29) is 0 Å². The van der Waals surface area contributed by atoms with Gasteiger partial charge in [0.1, 0.15) is 0 Å². The van der Waals surface area contributed by atoms with E-state index < -0.39 is 6.09 Å². The number of nitrogens with zero attached hydrogens (tertiary/aromatic N) is 1. The summed E-state index contributed by atoms with van der Waals surface area (Å²) in [5.74, 6) is 0. The Bertz CT molecular complexity index is 162. The van der Waals surface area contributed by atoms with Crippen LogP contribution in [-0.4, -0.2) is 37.4 Å². The first-order valence-electron chi connectivity index (χ1n) is 2.92. The Morgan fingerprint density at radius 2 is 2.18 bits per heavy atom. The standard InChI is InChI=1S/C5H11N3O2S/c1-6-4(11)7-8(2)5(9)10-3/h1-3H3,(H2,6,7,11). The highest BCUT2D eigenvalue weighted by molar-refractivity contribution is 7.80. The van der Waals surface area contributed by atoms with Gasteiger partial charge in [-0.25, -0.2) is 9.80 Å². The van der Waals surface area contributed by atoms with Crippen LogP contribution in [0.1, 0.15) is 0 Å². The molecule has 1 amide bonds. The lowest BCUT2D eigenvalue weighted by Gasteiger charge is -2.17. The number of amides is 1. The fourth-order valence-corrected chi connectivity index (χ4v) is 0.528. The molecule has 0 aromatic heterocycles. The first-order valence-corrected chi connectivity index (χ1v) is 3.32. The second kappa shape index (κ2) is 4.73. The van der Waals surface area contributed by atoms with Crippen LogP contribution < -0.4 is 10.7 Å². The van der Waals surface area contributed by atoms with Gasteiger partial charge in [-0.05, 0) is 12.2 Å². The smallest absolute Gasteiger partial charge is 0.428 e. The summed E-state index contributed by atoms with van der Waals surface area (Å²) in [7, 11) is 4.46. The first kappa shape index (κ1) is 9.96. The molecule has 0 aliphatic rings. The molecule has 0 heterocycles. The van der Waals surface area contributed by atoms with Crippen molar-refractivity contribution in [1.82, 2.24) is 15.8 Å². The number of carbonyl (C=O) groups excluding carboxylic acids is 1. The highest BCUT2D eigenvalue weighted by atomic mass is 32.1. The summed E-state index contributed by atoms with van der Waals surface area (Å²) in [6.45, 7) is 0. The van der Waals surface area contributed by atoms with Crippen LogP contribution in [0.2, 0.25) is 0 Å². The molecule has 0 aliphatic heterocycles. The van der Waals surface area contributed by atoms with E-state index in [2.05, 4.69) is 15.5 Å². The molecule has 0 aromatic rings. The van der Waals surface area contributed by atoms with Crippen LogP contribution in [0.25, 0.3) is 0 Å². The van der Waals surface area contributed by atoms with E-state index in [1.165, 1.54) is 14.2 Å². The first-order chi connectivity index (χ1) is 5.11. The molecule has 0 bridgehead atoms. The Labute approximate surface area is 70.7 Å². The molecule has 0 atom stereocenters. The zero-order valence-electron chi connectivity index (χ0n) is 6.67. The van der Waals surface area contributed by atoms with E-state index in [0.717, 1.165) is 5.01 Å². The van der Waals surface area contributed by atoms with Gasteiger partial charge >= 0.3 is 6.09 Å². The predicted molar refractivity (Wildman–Crippen MR) is 45.0 cm³/mol. The Hall–Kier alpha value is -1.04. The summed E-state index contributed by atoms with van der Waals surface area (Å²) in [6, 6.07) is 0. The number of nitrogens with one attached hydrogen (secondary N) is 2. The van der Waals surface area contributed by atoms with Crippen LogP contribution in [0, 0.1) is 0 Å². The van der Waals surface area contributed by atoms with Crippen molar-refractivity contribution >= 4 is 23.4 Å².